The number of nitrogens with one attached hydrogen (secondary N) is 2. The third-order valence-corrected chi connectivity index (χ3v) is 10.6. The highest BCUT2D eigenvalue weighted by Crippen LogP contribution is 2.45. The van der Waals surface area contributed by atoms with E-state index in [4.69, 9.17) is 36.0 Å². The van der Waals surface area contributed by atoms with Crippen LogP contribution in [0.1, 0.15) is 70.3 Å². The Hall–Kier alpha value is -2.55. The molecular weight excluding hydrogens is 842 g/mol. The number of rotatable bonds is 11. The molecule has 15 heteroatoms. The summed E-state index contributed by atoms with van der Waals surface area (Å²) in [6.07, 6.45) is 1.03. The number of benzene rings is 2. The van der Waals surface area contributed by atoms with Crippen LogP contribution in [0.4, 0.5) is 0 Å². The molecule has 2 aromatic carbocycles. The molecule has 2 aromatic rings. The third kappa shape index (κ3) is 12.2. The van der Waals surface area contributed by atoms with Crippen LogP contribution in [-0.4, -0.2) is 63.0 Å². The van der Waals surface area contributed by atoms with Crippen molar-refractivity contribution >= 4 is 72.0 Å². The Labute approximate surface area is 328 Å². The van der Waals surface area contributed by atoms with Crippen molar-refractivity contribution in [3.8, 4) is 5.75 Å². The van der Waals surface area contributed by atoms with E-state index in [1.54, 1.807) is 38.1 Å². The van der Waals surface area contributed by atoms with Gasteiger partial charge in [0, 0.05) is 54.0 Å². The number of hydrogen-bond acceptors (Lipinski definition) is 9. The number of esters is 2. The lowest BCUT2D eigenvalue weighted by atomic mass is 9.92. The second-order valence-electron chi connectivity index (χ2n) is 14.1. The Morgan fingerprint density at radius 2 is 1.81 bits per heavy atom. The van der Waals surface area contributed by atoms with Crippen LogP contribution in [0.3, 0.4) is 0 Å². The molecule has 0 saturated carbocycles. The van der Waals surface area contributed by atoms with E-state index in [0.29, 0.717) is 30.9 Å². The van der Waals surface area contributed by atoms with Gasteiger partial charge >= 0.3 is 11.9 Å². The zero-order chi connectivity index (χ0) is 38.9. The van der Waals surface area contributed by atoms with Gasteiger partial charge in [-0.05, 0) is 61.1 Å². The Bertz CT molecular complexity index is 1700. The molecule has 2 amide bonds. The van der Waals surface area contributed by atoms with E-state index in [-0.39, 0.29) is 49.9 Å². The number of halogens is 2. The lowest BCUT2D eigenvalue weighted by molar-refractivity contribution is -0.179. The molecule has 2 aliphatic heterocycles. The molecule has 2 N–H and O–H groups in total. The largest absolute Gasteiger partial charge is 0.495 e. The van der Waals surface area contributed by atoms with E-state index in [0.717, 1.165) is 11.1 Å². The summed E-state index contributed by atoms with van der Waals surface area (Å²) in [5, 5.41) is 5.91. The zero-order valence-electron chi connectivity index (χ0n) is 31.1. The van der Waals surface area contributed by atoms with Crippen LogP contribution in [0.15, 0.2) is 54.6 Å². The molecular formula is C37H47ClIN2O9PS. The minimum atomic E-state index is -1.22. The summed E-state index contributed by atoms with van der Waals surface area (Å²) in [4.78, 5) is 54.0. The van der Waals surface area contributed by atoms with Crippen LogP contribution in [0.2, 0.25) is 5.02 Å². The van der Waals surface area contributed by atoms with Crippen LogP contribution in [0.5, 0.6) is 5.75 Å². The van der Waals surface area contributed by atoms with Crippen molar-refractivity contribution in [2.45, 2.75) is 90.9 Å². The fourth-order valence-electron chi connectivity index (χ4n) is 5.74. The van der Waals surface area contributed by atoms with Gasteiger partial charge in [0.25, 0.3) is 0 Å². The highest BCUT2D eigenvalue weighted by Gasteiger charge is 2.48. The van der Waals surface area contributed by atoms with Crippen LogP contribution in [0, 0.1) is 17.3 Å². The summed E-state index contributed by atoms with van der Waals surface area (Å²) >= 11 is 8.44. The quantitative estimate of drug-likeness (QED) is 0.111. The lowest BCUT2D eigenvalue weighted by Gasteiger charge is -2.29. The molecule has 7 atom stereocenters. The maximum Gasteiger partial charge on any atom is 0.347 e. The first-order valence-electron chi connectivity index (χ1n) is 17.5. The predicted molar refractivity (Wildman–Crippen MR) is 211 cm³/mol. The van der Waals surface area contributed by atoms with Gasteiger partial charge in [-0.1, -0.05) is 76.7 Å². The monoisotopic (exact) mass is 890 g/mol. The lowest BCUT2D eigenvalue weighted by Crippen LogP contribution is -2.51. The van der Waals surface area contributed by atoms with Crippen LogP contribution >= 0.6 is 40.8 Å². The number of cyclic esters (lactones) is 2. The van der Waals surface area contributed by atoms with Gasteiger partial charge in [-0.15, -0.1) is 0 Å². The summed E-state index contributed by atoms with van der Waals surface area (Å²) < 4.78 is 36.4. The van der Waals surface area contributed by atoms with E-state index in [9.17, 15) is 19.2 Å². The van der Waals surface area contributed by atoms with E-state index >= 15 is 0 Å². The van der Waals surface area contributed by atoms with E-state index in [2.05, 4.69) is 31.8 Å². The average molecular weight is 891 g/mol. The molecule has 284 valence electrons. The van der Waals surface area contributed by atoms with Gasteiger partial charge in [0.15, 0.2) is 6.10 Å². The van der Waals surface area contributed by atoms with Crippen molar-refractivity contribution in [1.29, 1.82) is 1.28 Å². The average Bonchev–Trinajstić information content (AvgIpc) is 3.92. The van der Waals surface area contributed by atoms with Crippen molar-refractivity contribution in [2.24, 2.45) is 17.3 Å². The predicted octanol–water partition coefficient (Wildman–Crippen LogP) is 6.58. The van der Waals surface area contributed by atoms with E-state index in [1.165, 1.54) is 13.2 Å². The number of hydrogen-bond donors (Lipinski definition) is 2. The van der Waals surface area contributed by atoms with Crippen LogP contribution in [0.25, 0.3) is 0 Å². The van der Waals surface area contributed by atoms with Crippen molar-refractivity contribution in [3.05, 3.63) is 76.3 Å². The minimum Gasteiger partial charge on any atom is -0.495 e. The molecule has 0 radical (unpaired) electrons. The SMILES string of the molecule is [3H]P=S(I)OCc1ccc(C2OC2[C@@H](C)[C@@H]2C/C=C/C(=O)N[C@H](Cc3ccc(OC)c(Cl)c3)C(=O)NCC(C)(C)C(=O)O[C@@H](CC(C)C)C(=O)O2)cc1. The molecule has 1 saturated heterocycles. The number of methoxy groups -OCH3 is 1. The molecule has 0 aliphatic carbocycles. The number of epoxide rings is 1. The molecule has 2 aliphatic rings. The van der Waals surface area contributed by atoms with Gasteiger partial charge in [-0.2, -0.15) is 0 Å². The fraction of sp³-hybridized carbons (Fsp3) is 0.514. The summed E-state index contributed by atoms with van der Waals surface area (Å²) in [6, 6.07) is 12.0. The topological polar surface area (TPSA) is 142 Å². The van der Waals surface area contributed by atoms with Gasteiger partial charge in [-0.25, -0.2) is 4.79 Å². The molecule has 0 spiro atoms. The highest BCUT2D eigenvalue weighted by atomic mass is 127. The Morgan fingerprint density at radius 1 is 1.10 bits per heavy atom. The summed E-state index contributed by atoms with van der Waals surface area (Å²) in [5.41, 5.74) is 1.41. The molecule has 11 nitrogen and oxygen atoms in total. The fourth-order valence-corrected chi connectivity index (χ4v) is 6.80. The minimum absolute atomic E-state index is 0.000232. The highest BCUT2D eigenvalue weighted by molar-refractivity contribution is 14.2. The van der Waals surface area contributed by atoms with Gasteiger partial charge in [0.1, 0.15) is 25.3 Å². The molecule has 0 aromatic heterocycles. The van der Waals surface area contributed by atoms with Gasteiger partial charge in [0.2, 0.25) is 11.8 Å². The maximum absolute atomic E-state index is 13.7. The first kappa shape index (κ1) is 40.6. The Balaban J connectivity index is 1.57. The van der Waals surface area contributed by atoms with Crippen molar-refractivity contribution in [2.75, 3.05) is 13.7 Å². The van der Waals surface area contributed by atoms with Gasteiger partial charge < -0.3 is 33.8 Å². The zero-order valence-corrected chi connectivity index (χ0v) is 34.7. The van der Waals surface area contributed by atoms with Crippen molar-refractivity contribution in [3.63, 3.8) is 0 Å². The van der Waals surface area contributed by atoms with Gasteiger partial charge in [-0.3, -0.25) is 14.4 Å². The summed E-state index contributed by atoms with van der Waals surface area (Å²) in [5.74, 6) is -2.21. The Kier molecular flexibility index (Phi) is 15.0. The number of amides is 2. The van der Waals surface area contributed by atoms with Crippen LogP contribution < -0.4 is 15.4 Å². The number of carbonyl (C=O) groups is 4. The normalized spacial score (nSPS) is 26.3. The van der Waals surface area contributed by atoms with E-state index < -0.39 is 54.9 Å². The second kappa shape index (κ2) is 19.2. The molecule has 1 fully saturated rings. The molecule has 3 unspecified atom stereocenters. The van der Waals surface area contributed by atoms with Crippen molar-refractivity contribution in [1.82, 2.24) is 10.6 Å². The number of ether oxygens (including phenoxy) is 4. The van der Waals surface area contributed by atoms with Crippen molar-refractivity contribution < 1.29 is 42.3 Å². The smallest absolute Gasteiger partial charge is 0.347 e. The number of carbonyl (C=O) groups excluding carboxylic acids is 4. The standard InChI is InChI=1S/C37H47ClIN2O9PS/c1-21(2)16-30-35(44)48-28(22(3)32-33(50-32)25-13-10-23(11-14-25)19-47-52(39)51)8-7-9-31(42)41-27(18-24-12-15-29(46-6)26(38)17-24)34(43)40-20-37(4,5)36(45)49-30/h7,9-15,17,21-22,27-28,30,32-33,51H,8,16,18-20H2,1-6H3,(H,40,43)(H,41,42)/b9-7+/t22-,27+,28-,30-,32?,33?,52?/m0/s1/i51T. The first-order chi connectivity index (χ1) is 25.1. The molecule has 0 bridgehead atoms. The van der Waals surface area contributed by atoms with Crippen LogP contribution in [-0.2, 0) is 58.1 Å². The first-order valence-corrected chi connectivity index (χ1v) is 22.2. The molecule has 2 heterocycles. The molecule has 4 rings (SSSR count). The second-order valence-corrected chi connectivity index (χ2v) is 20.6. The maximum atomic E-state index is 13.7. The van der Waals surface area contributed by atoms with E-state index in [1.807, 2.05) is 45.0 Å². The summed E-state index contributed by atoms with van der Waals surface area (Å²) in [7, 11) is 1.46. The Morgan fingerprint density at radius 3 is 2.46 bits per heavy atom. The third-order valence-electron chi connectivity index (χ3n) is 8.91. The van der Waals surface area contributed by atoms with Gasteiger partial charge in [0.05, 0.1) is 30.3 Å². The molecule has 52 heavy (non-hydrogen) atoms. The summed E-state index contributed by atoms with van der Waals surface area (Å²) in [6.45, 7) is 9.27.